The predicted molar refractivity (Wildman–Crippen MR) is 42.5 cm³/mol. The van der Waals surface area contributed by atoms with Gasteiger partial charge in [0.1, 0.15) is 18.8 Å². The fraction of sp³-hybridized carbons (Fsp3) is 0.667. The molecule has 0 unspecified atom stereocenters. The molecule has 0 bridgehead atoms. The van der Waals surface area contributed by atoms with Crippen LogP contribution in [0.4, 0.5) is 0 Å². The number of amidine groups is 1. The van der Waals surface area contributed by atoms with Gasteiger partial charge in [-0.05, 0) is 0 Å². The molecule has 0 fully saturated rings. The molecule has 1 aliphatic heterocycles. The van der Waals surface area contributed by atoms with E-state index in [0.717, 1.165) is 0 Å². The molecule has 0 radical (unpaired) electrons. The van der Waals surface area contributed by atoms with E-state index in [-0.39, 0.29) is 0 Å². The minimum absolute atomic E-state index is 1.18. The summed E-state index contributed by atoms with van der Waals surface area (Å²) in [5.41, 5.74) is 1.38. The summed E-state index contributed by atoms with van der Waals surface area (Å²) < 4.78 is 2.26. The lowest BCUT2D eigenvalue weighted by Gasteiger charge is -2.01. The second-order valence-corrected chi connectivity index (χ2v) is 2.39. The van der Waals surface area contributed by atoms with Crippen LogP contribution in [-0.4, -0.2) is 51.9 Å². The lowest BCUT2D eigenvalue weighted by Crippen LogP contribution is -2.26. The number of nitrogens with zero attached hydrogens (tertiary/aromatic N) is 2. The first-order valence-electron chi connectivity index (χ1n) is 2.97. The fourth-order valence-electron chi connectivity index (χ4n) is 0.915. The first kappa shape index (κ1) is 5.80. The Morgan fingerprint density at radius 2 is 2.25 bits per heavy atom. The highest BCUT2D eigenvalue weighted by atomic mass is 15.2. The van der Waals surface area contributed by atoms with Gasteiger partial charge in [0.2, 0.25) is 7.85 Å². The molecule has 1 heterocycles. The molecule has 0 aliphatic carbocycles. The SMILES string of the molecule is BC1=[N+](B)CCN1B. The zero-order valence-electron chi connectivity index (χ0n) is 5.81. The van der Waals surface area contributed by atoms with Crippen molar-refractivity contribution in [1.82, 2.24) is 4.81 Å². The van der Waals surface area contributed by atoms with E-state index in [0.29, 0.717) is 0 Å². The lowest BCUT2D eigenvalue weighted by molar-refractivity contribution is -0.358. The third-order valence-corrected chi connectivity index (χ3v) is 1.88. The van der Waals surface area contributed by atoms with Crippen LogP contribution in [0.1, 0.15) is 0 Å². The Hall–Kier alpha value is -0.335. The third kappa shape index (κ3) is 0.769. The van der Waals surface area contributed by atoms with Gasteiger partial charge in [0, 0.05) is 0 Å². The Balaban J connectivity index is 2.71. The van der Waals surface area contributed by atoms with Crippen LogP contribution in [-0.2, 0) is 0 Å². The minimum atomic E-state index is 1.18. The summed E-state index contributed by atoms with van der Waals surface area (Å²) in [7, 11) is 6.39. The summed E-state index contributed by atoms with van der Waals surface area (Å²) in [6.45, 7) is 2.37. The lowest BCUT2D eigenvalue weighted by atomic mass is 10.0. The second kappa shape index (κ2) is 1.88. The fourth-order valence-corrected chi connectivity index (χ4v) is 0.915. The predicted octanol–water partition coefficient (Wildman–Crippen LogP) is -3.60. The van der Waals surface area contributed by atoms with Crippen LogP contribution < -0.4 is 0 Å². The maximum absolute atomic E-state index is 2.26. The van der Waals surface area contributed by atoms with Crippen molar-refractivity contribution in [1.29, 1.82) is 0 Å². The molecule has 0 amide bonds. The zero-order valence-corrected chi connectivity index (χ0v) is 5.81. The largest absolute Gasteiger partial charge is 0.343 e. The summed E-state index contributed by atoms with van der Waals surface area (Å²) in [6.07, 6.45) is 0. The highest BCUT2D eigenvalue weighted by Crippen LogP contribution is 1.89. The summed E-state index contributed by atoms with van der Waals surface area (Å²) in [6, 6.07) is 0. The van der Waals surface area contributed by atoms with Crippen LogP contribution in [0.2, 0.25) is 0 Å². The Kier molecular flexibility index (Phi) is 1.36. The van der Waals surface area contributed by atoms with E-state index in [1.807, 2.05) is 0 Å². The van der Waals surface area contributed by atoms with Gasteiger partial charge in [-0.1, -0.05) is 0 Å². The molecule has 2 nitrogen and oxygen atoms in total. The van der Waals surface area contributed by atoms with E-state index < -0.39 is 0 Å². The quantitative estimate of drug-likeness (QED) is 0.289. The number of hydrogen-bond donors (Lipinski definition) is 0. The highest BCUT2D eigenvalue weighted by molar-refractivity contribution is 6.60. The molecule has 0 spiro atoms. The third-order valence-electron chi connectivity index (χ3n) is 1.88. The van der Waals surface area contributed by atoms with E-state index in [1.165, 1.54) is 18.8 Å². The standard InChI is InChI=1S/C3H10B3N2/c4-3-7(5)1-2-8(3)6/h1-2,4-6H2/q+1. The summed E-state index contributed by atoms with van der Waals surface area (Å²) in [5, 5.41) is 0. The van der Waals surface area contributed by atoms with Crippen molar-refractivity contribution in [2.24, 2.45) is 0 Å². The summed E-state index contributed by atoms with van der Waals surface area (Å²) in [5.74, 6) is 0. The maximum Gasteiger partial charge on any atom is 0.336 e. The van der Waals surface area contributed by atoms with Crippen LogP contribution in [0, 0.1) is 0 Å². The summed E-state index contributed by atoms with van der Waals surface area (Å²) >= 11 is 0. The van der Waals surface area contributed by atoms with Gasteiger partial charge in [-0.15, -0.1) is 0 Å². The second-order valence-electron chi connectivity index (χ2n) is 2.39. The average molecular weight is 107 g/mol. The van der Waals surface area contributed by atoms with Gasteiger partial charge in [0.15, 0.2) is 0 Å². The van der Waals surface area contributed by atoms with Gasteiger partial charge in [0.05, 0.1) is 0 Å². The van der Waals surface area contributed by atoms with Gasteiger partial charge >= 0.3 is 16.0 Å². The minimum Gasteiger partial charge on any atom is -0.343 e. The number of hydrogen-bond acceptors (Lipinski definition) is 1. The molecule has 0 aromatic heterocycles. The van der Waals surface area contributed by atoms with E-state index >= 15 is 0 Å². The highest BCUT2D eigenvalue weighted by Gasteiger charge is 2.16. The monoisotopic (exact) mass is 107 g/mol. The maximum atomic E-state index is 2.26. The molecule has 1 aliphatic rings. The van der Waals surface area contributed by atoms with E-state index in [2.05, 4.69) is 33.1 Å². The van der Waals surface area contributed by atoms with Crippen LogP contribution in [0.5, 0.6) is 0 Å². The van der Waals surface area contributed by atoms with Crippen molar-refractivity contribution < 1.29 is 4.49 Å². The average Bonchev–Trinajstić information content (AvgIpc) is 1.98. The van der Waals surface area contributed by atoms with Gasteiger partial charge < -0.3 is 9.30 Å². The molecular formula is C3H10B3N2+. The van der Waals surface area contributed by atoms with Crippen molar-refractivity contribution in [3.8, 4) is 0 Å². The van der Waals surface area contributed by atoms with Crippen LogP contribution in [0.15, 0.2) is 0 Å². The molecule has 0 saturated carbocycles. The Labute approximate surface area is 52.8 Å². The first-order valence-corrected chi connectivity index (χ1v) is 2.97. The smallest absolute Gasteiger partial charge is 0.336 e. The van der Waals surface area contributed by atoms with Crippen molar-refractivity contribution in [3.63, 3.8) is 0 Å². The van der Waals surface area contributed by atoms with Crippen LogP contribution >= 0.6 is 0 Å². The normalized spacial score (nSPS) is 20.2. The molecule has 0 aromatic rings. The number of rotatable bonds is 0. The molecule has 40 valence electrons. The Bertz CT molecular complexity index is 132. The van der Waals surface area contributed by atoms with Crippen LogP contribution in [0.3, 0.4) is 0 Å². The van der Waals surface area contributed by atoms with Crippen molar-refractivity contribution >= 4 is 29.5 Å². The van der Waals surface area contributed by atoms with Crippen molar-refractivity contribution in [2.45, 2.75) is 0 Å². The molecule has 8 heavy (non-hydrogen) atoms. The molecular weight excluding hydrogens is 96.5 g/mol. The van der Waals surface area contributed by atoms with Crippen LogP contribution in [0.25, 0.3) is 0 Å². The molecule has 0 aromatic carbocycles. The van der Waals surface area contributed by atoms with E-state index in [1.54, 1.807) is 0 Å². The molecule has 0 saturated heterocycles. The Morgan fingerprint density at radius 3 is 2.38 bits per heavy atom. The zero-order chi connectivity index (χ0) is 6.15. The first-order chi connectivity index (χ1) is 3.72. The Morgan fingerprint density at radius 1 is 1.62 bits per heavy atom. The summed E-state index contributed by atoms with van der Waals surface area (Å²) in [4.78, 5) is 2.26. The van der Waals surface area contributed by atoms with Gasteiger partial charge in [-0.3, -0.25) is 0 Å². The molecule has 0 N–H and O–H groups in total. The van der Waals surface area contributed by atoms with Gasteiger partial charge in [-0.2, -0.15) is 0 Å². The molecule has 1 rings (SSSR count). The molecule has 5 heteroatoms. The van der Waals surface area contributed by atoms with Gasteiger partial charge in [-0.25, -0.2) is 0 Å². The van der Waals surface area contributed by atoms with E-state index in [4.69, 9.17) is 0 Å². The van der Waals surface area contributed by atoms with Gasteiger partial charge in [0.25, 0.3) is 0 Å². The van der Waals surface area contributed by atoms with Crippen molar-refractivity contribution in [2.75, 3.05) is 13.1 Å². The topological polar surface area (TPSA) is 6.25 Å². The molecule has 0 atom stereocenters. The van der Waals surface area contributed by atoms with Crippen molar-refractivity contribution in [3.05, 3.63) is 0 Å². The van der Waals surface area contributed by atoms with E-state index in [9.17, 15) is 0 Å².